The van der Waals surface area contributed by atoms with E-state index in [1.54, 1.807) is 6.92 Å². The van der Waals surface area contributed by atoms with E-state index in [4.69, 9.17) is 9.47 Å². The maximum atomic E-state index is 11.4. The molecule has 1 atom stereocenters. The Kier molecular flexibility index (Phi) is 11.5. The predicted molar refractivity (Wildman–Crippen MR) is 192 cm³/mol. The molecule has 46 heavy (non-hydrogen) atoms. The van der Waals surface area contributed by atoms with E-state index in [1.165, 1.54) is 25.7 Å². The molecule has 3 aromatic rings. The molecule has 1 aliphatic heterocycles. The Labute approximate surface area is 276 Å². The fourth-order valence-corrected chi connectivity index (χ4v) is 5.78. The number of hydrogen-bond acceptors (Lipinski definition) is 7. The Morgan fingerprint density at radius 3 is 1.98 bits per heavy atom. The number of rotatable bonds is 16. The van der Waals surface area contributed by atoms with Gasteiger partial charge in [-0.2, -0.15) is 5.11 Å². The Morgan fingerprint density at radius 2 is 1.37 bits per heavy atom. The molecule has 0 radical (unpaired) electrons. The molecule has 0 fully saturated rings. The summed E-state index contributed by atoms with van der Waals surface area (Å²) in [6.07, 6.45) is 9.06. The Morgan fingerprint density at radius 1 is 0.783 bits per heavy atom. The number of carbonyl (C=O) groups excluding carboxylic acids is 1. The van der Waals surface area contributed by atoms with Crippen LogP contribution in [0.3, 0.4) is 0 Å². The minimum Gasteiger partial charge on any atom is -0.494 e. The van der Waals surface area contributed by atoms with Gasteiger partial charge in [-0.1, -0.05) is 91.9 Å². The van der Waals surface area contributed by atoms with Gasteiger partial charge in [0.05, 0.1) is 24.6 Å². The number of ether oxygens (including phenoxy) is 2. The summed E-state index contributed by atoms with van der Waals surface area (Å²) in [5.41, 5.74) is 4.01. The third-order valence-electron chi connectivity index (χ3n) is 9.91. The van der Waals surface area contributed by atoms with E-state index in [-0.39, 0.29) is 22.5 Å². The van der Waals surface area contributed by atoms with Crippen LogP contribution in [0.2, 0.25) is 0 Å². The standard InChI is InChI=1S/C39H54N4O3/c1-28(2)36(44)46-27-16-14-12-10-9-11-13-15-26-45-30-22-20-29(21-23-30)42-43-32-24-25-34-35-31(32)18-17-19-33(35)40-39(8,41-34)38(6,7)37(3,4)5/h17-25,40-41H,1,9-16,26-27H2,2-8H3. The van der Waals surface area contributed by atoms with Crippen molar-refractivity contribution in [2.45, 2.75) is 105 Å². The smallest absolute Gasteiger partial charge is 0.333 e. The maximum absolute atomic E-state index is 11.4. The topological polar surface area (TPSA) is 84.3 Å². The van der Waals surface area contributed by atoms with Crippen molar-refractivity contribution in [1.82, 2.24) is 0 Å². The Balaban J connectivity index is 1.21. The van der Waals surface area contributed by atoms with Crippen LogP contribution in [0.4, 0.5) is 22.7 Å². The molecule has 0 aliphatic carbocycles. The summed E-state index contributed by atoms with van der Waals surface area (Å²) in [5.74, 6) is 0.564. The molecular formula is C39H54N4O3. The fourth-order valence-electron chi connectivity index (χ4n) is 5.78. The largest absolute Gasteiger partial charge is 0.494 e. The molecule has 1 heterocycles. The van der Waals surface area contributed by atoms with E-state index in [2.05, 4.69) is 99.3 Å². The second kappa shape index (κ2) is 15.1. The van der Waals surface area contributed by atoms with Gasteiger partial charge in [-0.05, 0) is 74.6 Å². The van der Waals surface area contributed by atoms with Crippen LogP contribution in [0.1, 0.15) is 99.8 Å². The monoisotopic (exact) mass is 626 g/mol. The Hall–Kier alpha value is -3.87. The second-order valence-electron chi connectivity index (χ2n) is 14.4. The molecule has 7 nitrogen and oxygen atoms in total. The molecule has 0 aromatic heterocycles. The lowest BCUT2D eigenvalue weighted by molar-refractivity contribution is -0.139. The maximum Gasteiger partial charge on any atom is 0.333 e. The van der Waals surface area contributed by atoms with Crippen molar-refractivity contribution in [2.24, 2.45) is 21.1 Å². The lowest BCUT2D eigenvalue weighted by Crippen LogP contribution is -2.60. The van der Waals surface area contributed by atoms with Crippen LogP contribution in [0.5, 0.6) is 5.75 Å². The average Bonchev–Trinajstić information content (AvgIpc) is 3.01. The number of carbonyl (C=O) groups is 1. The number of nitrogens with zero attached hydrogens (tertiary/aromatic N) is 2. The van der Waals surface area contributed by atoms with Gasteiger partial charge in [0.25, 0.3) is 0 Å². The van der Waals surface area contributed by atoms with Gasteiger partial charge in [0.1, 0.15) is 11.4 Å². The number of anilines is 2. The van der Waals surface area contributed by atoms with Gasteiger partial charge in [0.2, 0.25) is 0 Å². The van der Waals surface area contributed by atoms with E-state index in [9.17, 15) is 4.79 Å². The molecule has 248 valence electrons. The highest BCUT2D eigenvalue weighted by Gasteiger charge is 2.50. The SMILES string of the molecule is C=C(C)C(=O)OCCCCCCCCCCOc1ccc(N=Nc2ccc3c4c(cccc24)NC(C)(C(C)(C)C(C)(C)C)N3)cc1. The molecule has 0 spiro atoms. The Bertz CT molecular complexity index is 1510. The molecule has 7 heteroatoms. The van der Waals surface area contributed by atoms with E-state index in [0.29, 0.717) is 18.8 Å². The number of nitrogens with one attached hydrogen (secondary N) is 2. The molecule has 0 bridgehead atoms. The first kappa shape index (κ1) is 35.0. The summed E-state index contributed by atoms with van der Waals surface area (Å²) in [4.78, 5) is 11.4. The van der Waals surface area contributed by atoms with Crippen LogP contribution < -0.4 is 15.4 Å². The second-order valence-corrected chi connectivity index (χ2v) is 14.4. The van der Waals surface area contributed by atoms with Gasteiger partial charge < -0.3 is 20.1 Å². The molecule has 0 amide bonds. The summed E-state index contributed by atoms with van der Waals surface area (Å²) in [5, 5.41) is 19.1. The normalized spacial score (nSPS) is 16.2. The van der Waals surface area contributed by atoms with E-state index >= 15 is 0 Å². The van der Waals surface area contributed by atoms with Gasteiger partial charge in [0, 0.05) is 33.1 Å². The molecule has 4 rings (SSSR count). The highest BCUT2D eigenvalue weighted by atomic mass is 16.5. The zero-order valence-electron chi connectivity index (χ0n) is 29.1. The summed E-state index contributed by atoms with van der Waals surface area (Å²) >= 11 is 0. The van der Waals surface area contributed by atoms with Crippen LogP contribution in [0.15, 0.2) is 77.0 Å². The fraction of sp³-hybridized carbons (Fsp3) is 0.513. The van der Waals surface area contributed by atoms with Crippen molar-refractivity contribution in [3.63, 3.8) is 0 Å². The number of azo groups is 1. The molecule has 0 saturated heterocycles. The van der Waals surface area contributed by atoms with Crippen molar-refractivity contribution in [2.75, 3.05) is 23.8 Å². The quantitative estimate of drug-likeness (QED) is 0.0715. The highest BCUT2D eigenvalue weighted by Crippen LogP contribution is 2.52. The molecule has 3 aromatic carbocycles. The van der Waals surface area contributed by atoms with Crippen LogP contribution in [-0.4, -0.2) is 24.8 Å². The van der Waals surface area contributed by atoms with Crippen LogP contribution in [0.25, 0.3) is 10.8 Å². The zero-order valence-corrected chi connectivity index (χ0v) is 29.1. The third kappa shape index (κ3) is 8.48. The van der Waals surface area contributed by atoms with Gasteiger partial charge in [0.15, 0.2) is 0 Å². The first-order valence-electron chi connectivity index (χ1n) is 16.9. The molecule has 1 aliphatic rings. The van der Waals surface area contributed by atoms with Crippen LogP contribution >= 0.6 is 0 Å². The van der Waals surface area contributed by atoms with Crippen molar-refractivity contribution in [3.05, 3.63) is 66.7 Å². The lowest BCUT2D eigenvalue weighted by atomic mass is 9.61. The molecule has 0 saturated carbocycles. The highest BCUT2D eigenvalue weighted by molar-refractivity contribution is 6.09. The van der Waals surface area contributed by atoms with Gasteiger partial charge in [-0.15, -0.1) is 5.11 Å². The minimum atomic E-state index is -0.328. The summed E-state index contributed by atoms with van der Waals surface area (Å²) in [7, 11) is 0. The minimum absolute atomic E-state index is 0.0547. The summed E-state index contributed by atoms with van der Waals surface area (Å²) < 4.78 is 11.1. The first-order valence-corrected chi connectivity index (χ1v) is 16.9. The zero-order chi connectivity index (χ0) is 33.4. The summed E-state index contributed by atoms with van der Waals surface area (Å²) in [6, 6.07) is 18.4. The van der Waals surface area contributed by atoms with Gasteiger partial charge in [-0.25, -0.2) is 4.79 Å². The van der Waals surface area contributed by atoms with Crippen molar-refractivity contribution >= 4 is 39.5 Å². The van der Waals surface area contributed by atoms with Crippen molar-refractivity contribution in [1.29, 1.82) is 0 Å². The van der Waals surface area contributed by atoms with Gasteiger partial charge >= 0.3 is 5.97 Å². The number of esters is 1. The lowest BCUT2D eigenvalue weighted by Gasteiger charge is -2.55. The molecular weight excluding hydrogens is 572 g/mol. The van der Waals surface area contributed by atoms with Crippen LogP contribution in [0, 0.1) is 10.8 Å². The molecule has 1 unspecified atom stereocenters. The number of unbranched alkanes of at least 4 members (excludes halogenated alkanes) is 7. The van der Waals surface area contributed by atoms with E-state index in [1.807, 2.05) is 24.3 Å². The average molecular weight is 627 g/mol. The van der Waals surface area contributed by atoms with Crippen molar-refractivity contribution < 1.29 is 14.3 Å². The third-order valence-corrected chi connectivity index (χ3v) is 9.91. The van der Waals surface area contributed by atoms with E-state index in [0.717, 1.165) is 65.0 Å². The number of hydrogen-bond donors (Lipinski definition) is 2. The first-order chi connectivity index (χ1) is 21.8. The van der Waals surface area contributed by atoms with Crippen LogP contribution in [-0.2, 0) is 9.53 Å². The van der Waals surface area contributed by atoms with Gasteiger partial charge in [-0.3, -0.25) is 0 Å². The number of benzene rings is 3. The van der Waals surface area contributed by atoms with E-state index < -0.39 is 0 Å². The predicted octanol–water partition coefficient (Wildman–Crippen LogP) is 11.5. The summed E-state index contributed by atoms with van der Waals surface area (Å²) in [6.45, 7) is 20.2. The van der Waals surface area contributed by atoms with Crippen molar-refractivity contribution in [3.8, 4) is 5.75 Å². The molecule has 2 N–H and O–H groups in total.